The third-order valence-electron chi connectivity index (χ3n) is 6.31. The quantitative estimate of drug-likeness (QED) is 0.720. The highest BCUT2D eigenvalue weighted by Crippen LogP contribution is 2.20. The summed E-state index contributed by atoms with van der Waals surface area (Å²) in [4.78, 5) is 24.1. The number of fused-ring (bicyclic) bond motifs is 1. The van der Waals surface area contributed by atoms with Crippen molar-refractivity contribution in [1.82, 2.24) is 19.4 Å². The van der Waals surface area contributed by atoms with Gasteiger partial charge in [0.05, 0.1) is 23.8 Å². The molecule has 2 fully saturated rings. The van der Waals surface area contributed by atoms with Crippen LogP contribution in [-0.4, -0.2) is 78.1 Å². The number of benzene rings is 1. The minimum atomic E-state index is -2.57. The zero-order valence-corrected chi connectivity index (χ0v) is 17.5. The fourth-order valence-electron chi connectivity index (χ4n) is 4.49. The Labute approximate surface area is 176 Å². The summed E-state index contributed by atoms with van der Waals surface area (Å²) in [6.45, 7) is 8.06. The molecular weight excluding hydrogens is 388 g/mol. The number of halogens is 2. The maximum atomic E-state index is 12.6. The first-order valence-corrected chi connectivity index (χ1v) is 11.1. The van der Waals surface area contributed by atoms with Gasteiger partial charge in [0.25, 0.3) is 12.0 Å². The van der Waals surface area contributed by atoms with Gasteiger partial charge in [-0.05, 0) is 44.1 Å². The molecule has 30 heavy (non-hydrogen) atoms. The summed E-state index contributed by atoms with van der Waals surface area (Å²) >= 11 is 0. The van der Waals surface area contributed by atoms with Crippen LogP contribution in [0.3, 0.4) is 0 Å². The molecule has 0 amide bonds. The monoisotopic (exact) mass is 419 g/mol. The van der Waals surface area contributed by atoms with Crippen molar-refractivity contribution in [3.8, 4) is 0 Å². The van der Waals surface area contributed by atoms with E-state index in [1.165, 1.54) is 45.1 Å². The van der Waals surface area contributed by atoms with Crippen LogP contribution in [0.2, 0.25) is 0 Å². The average molecular weight is 420 g/mol. The highest BCUT2D eigenvalue weighted by atomic mass is 19.3. The predicted molar refractivity (Wildman–Crippen MR) is 116 cm³/mol. The Balaban J connectivity index is 1.34. The minimum Gasteiger partial charge on any atom is -0.369 e. The first-order valence-electron chi connectivity index (χ1n) is 11.1. The van der Waals surface area contributed by atoms with Gasteiger partial charge in [0.1, 0.15) is 0 Å². The molecule has 164 valence electrons. The van der Waals surface area contributed by atoms with Crippen LogP contribution in [0.5, 0.6) is 0 Å². The van der Waals surface area contributed by atoms with Gasteiger partial charge in [-0.2, -0.15) is 0 Å². The second-order valence-corrected chi connectivity index (χ2v) is 8.38. The van der Waals surface area contributed by atoms with Crippen molar-refractivity contribution in [2.45, 2.75) is 38.7 Å². The van der Waals surface area contributed by atoms with Crippen LogP contribution in [0.25, 0.3) is 10.9 Å². The summed E-state index contributed by atoms with van der Waals surface area (Å²) in [6, 6.07) is 5.52. The molecule has 0 N–H and O–H groups in total. The van der Waals surface area contributed by atoms with Gasteiger partial charge in [-0.15, -0.1) is 0 Å². The SMILES string of the molecule is O=c1c2ccc(N3CCN(CCN4CCCCCC4)CC3)cc2ncn1CC(F)F. The summed E-state index contributed by atoms with van der Waals surface area (Å²) in [5.41, 5.74) is 1.19. The average Bonchev–Trinajstić information content (AvgIpc) is 3.03. The number of rotatable bonds is 6. The number of aromatic nitrogens is 2. The van der Waals surface area contributed by atoms with E-state index in [0.29, 0.717) is 10.9 Å². The lowest BCUT2D eigenvalue weighted by molar-refractivity contribution is 0.125. The molecule has 0 saturated carbocycles. The van der Waals surface area contributed by atoms with Gasteiger partial charge in [-0.1, -0.05) is 12.8 Å². The molecule has 6 nitrogen and oxygen atoms in total. The molecule has 8 heteroatoms. The molecular formula is C22H31F2N5O. The zero-order valence-electron chi connectivity index (χ0n) is 17.5. The first kappa shape index (κ1) is 21.2. The molecule has 0 unspecified atom stereocenters. The number of likely N-dealkylation sites (tertiary alicyclic amines) is 1. The summed E-state index contributed by atoms with van der Waals surface area (Å²) in [5, 5.41) is 0.387. The van der Waals surface area contributed by atoms with Gasteiger partial charge in [0.2, 0.25) is 0 Å². The van der Waals surface area contributed by atoms with Crippen LogP contribution >= 0.6 is 0 Å². The normalized spacial score (nSPS) is 19.5. The maximum absolute atomic E-state index is 12.6. The minimum absolute atomic E-state index is 0.387. The van der Waals surface area contributed by atoms with Crippen LogP contribution < -0.4 is 10.5 Å². The molecule has 0 aliphatic carbocycles. The summed E-state index contributed by atoms with van der Waals surface area (Å²) in [5.74, 6) is 0. The van der Waals surface area contributed by atoms with Gasteiger partial charge in [0.15, 0.2) is 0 Å². The molecule has 2 saturated heterocycles. The molecule has 2 aromatic rings. The molecule has 1 aromatic carbocycles. The standard InChI is InChI=1S/C22H31F2N5O/c23-21(24)16-29-17-25-20-15-18(5-6-19(20)22(29)30)28-13-11-27(12-14-28)10-9-26-7-3-1-2-4-8-26/h5-6,15,17,21H,1-4,7-14,16H2. The molecule has 1 aromatic heterocycles. The van der Waals surface area contributed by atoms with Crippen LogP contribution in [0.1, 0.15) is 25.7 Å². The Kier molecular flexibility index (Phi) is 6.94. The van der Waals surface area contributed by atoms with E-state index in [1.807, 2.05) is 12.1 Å². The fraction of sp³-hybridized carbons (Fsp3) is 0.636. The Morgan fingerprint density at radius 3 is 2.23 bits per heavy atom. The Morgan fingerprint density at radius 1 is 0.900 bits per heavy atom. The highest BCUT2D eigenvalue weighted by Gasteiger charge is 2.19. The van der Waals surface area contributed by atoms with Gasteiger partial charge in [-0.3, -0.25) is 14.3 Å². The van der Waals surface area contributed by atoms with Crippen molar-refractivity contribution < 1.29 is 8.78 Å². The van der Waals surface area contributed by atoms with Gasteiger partial charge in [0, 0.05) is 45.0 Å². The smallest absolute Gasteiger partial charge is 0.261 e. The van der Waals surface area contributed by atoms with Crippen molar-refractivity contribution in [3.05, 3.63) is 34.9 Å². The molecule has 0 spiro atoms. The first-order chi connectivity index (χ1) is 14.6. The van der Waals surface area contributed by atoms with Gasteiger partial charge >= 0.3 is 0 Å². The van der Waals surface area contributed by atoms with Crippen molar-refractivity contribution in [3.63, 3.8) is 0 Å². The molecule has 4 rings (SSSR count). The van der Waals surface area contributed by atoms with Crippen molar-refractivity contribution >= 4 is 16.6 Å². The lowest BCUT2D eigenvalue weighted by Gasteiger charge is -2.37. The van der Waals surface area contributed by atoms with E-state index in [4.69, 9.17) is 0 Å². The predicted octanol–water partition coefficient (Wildman–Crippen LogP) is 2.66. The third kappa shape index (κ3) is 5.16. The van der Waals surface area contributed by atoms with Gasteiger partial charge < -0.3 is 9.80 Å². The highest BCUT2D eigenvalue weighted by molar-refractivity contribution is 5.81. The second kappa shape index (κ2) is 9.83. The van der Waals surface area contributed by atoms with E-state index in [0.717, 1.165) is 49.5 Å². The molecule has 0 atom stereocenters. The van der Waals surface area contributed by atoms with E-state index in [-0.39, 0.29) is 0 Å². The second-order valence-electron chi connectivity index (χ2n) is 8.38. The Hall–Kier alpha value is -2.06. The summed E-state index contributed by atoms with van der Waals surface area (Å²) in [6.07, 6.45) is 4.05. The van der Waals surface area contributed by atoms with Crippen LogP contribution in [-0.2, 0) is 6.54 Å². The van der Waals surface area contributed by atoms with E-state index >= 15 is 0 Å². The summed E-state index contributed by atoms with van der Waals surface area (Å²) < 4.78 is 26.2. The molecule has 2 aliphatic rings. The number of alkyl halides is 2. The largest absolute Gasteiger partial charge is 0.369 e. The Bertz CT molecular complexity index is 887. The number of hydrogen-bond acceptors (Lipinski definition) is 5. The molecule has 0 radical (unpaired) electrons. The van der Waals surface area contributed by atoms with Crippen molar-refractivity contribution in [2.24, 2.45) is 0 Å². The third-order valence-corrected chi connectivity index (χ3v) is 6.31. The number of hydrogen-bond donors (Lipinski definition) is 0. The number of piperazine rings is 1. The molecule has 0 bridgehead atoms. The molecule has 2 aliphatic heterocycles. The summed E-state index contributed by atoms with van der Waals surface area (Å²) in [7, 11) is 0. The van der Waals surface area contributed by atoms with Crippen LogP contribution in [0.15, 0.2) is 29.3 Å². The maximum Gasteiger partial charge on any atom is 0.261 e. The van der Waals surface area contributed by atoms with E-state index in [9.17, 15) is 13.6 Å². The van der Waals surface area contributed by atoms with E-state index in [1.54, 1.807) is 6.07 Å². The lowest BCUT2D eigenvalue weighted by atomic mass is 10.2. The Morgan fingerprint density at radius 2 is 1.57 bits per heavy atom. The molecule has 3 heterocycles. The van der Waals surface area contributed by atoms with Crippen molar-refractivity contribution in [2.75, 3.05) is 57.3 Å². The van der Waals surface area contributed by atoms with Crippen molar-refractivity contribution in [1.29, 1.82) is 0 Å². The lowest BCUT2D eigenvalue weighted by Crippen LogP contribution is -2.48. The van der Waals surface area contributed by atoms with Gasteiger partial charge in [-0.25, -0.2) is 13.8 Å². The number of nitrogens with zero attached hydrogens (tertiary/aromatic N) is 5. The zero-order chi connectivity index (χ0) is 20.9. The topological polar surface area (TPSA) is 44.6 Å². The number of anilines is 1. The van der Waals surface area contributed by atoms with Crippen LogP contribution in [0, 0.1) is 0 Å². The fourth-order valence-corrected chi connectivity index (χ4v) is 4.49. The van der Waals surface area contributed by atoms with E-state index < -0.39 is 18.5 Å². The van der Waals surface area contributed by atoms with Crippen LogP contribution in [0.4, 0.5) is 14.5 Å². The van der Waals surface area contributed by atoms with E-state index in [2.05, 4.69) is 19.7 Å².